The fourth-order valence-corrected chi connectivity index (χ4v) is 6.27. The molecule has 0 unspecified atom stereocenters. The van der Waals surface area contributed by atoms with Gasteiger partial charge in [0, 0.05) is 45.3 Å². The van der Waals surface area contributed by atoms with Crippen LogP contribution in [-0.2, 0) is 43.0 Å². The number of aliphatic hydroxyl groups is 2. The minimum atomic E-state index is -0.718. The van der Waals surface area contributed by atoms with Crippen molar-refractivity contribution < 1.29 is 68.6 Å². The molecule has 0 bridgehead atoms. The van der Waals surface area contributed by atoms with Crippen molar-refractivity contribution in [3.63, 3.8) is 0 Å². The molecule has 0 atom stereocenters. The Balaban J connectivity index is -0.000000364. The van der Waals surface area contributed by atoms with E-state index in [4.69, 9.17) is 44.6 Å². The first kappa shape index (κ1) is 68.7. The van der Waals surface area contributed by atoms with Gasteiger partial charge in [0.2, 0.25) is 0 Å². The number of hydrogen-bond donors (Lipinski definition) is 5. The van der Waals surface area contributed by atoms with E-state index < -0.39 is 17.9 Å². The minimum absolute atomic E-state index is 0. The number of carboxylic acids is 3. The fraction of sp³-hybridized carbons (Fsp3) is 0.878. The molecule has 14 nitrogen and oxygen atoms in total. The summed E-state index contributed by atoms with van der Waals surface area (Å²) in [7, 11) is 0. The Kier molecular flexibility index (Phi) is 68.6. The second kappa shape index (κ2) is 62.9. The van der Waals surface area contributed by atoms with Crippen LogP contribution in [0.2, 0.25) is 0 Å². The third-order valence-corrected chi connectivity index (χ3v) is 9.92. The second-order valence-corrected chi connectivity index (χ2v) is 15.9. The number of carbonyl (C=O) groups excluding carboxylic acids is 4. The lowest BCUT2D eigenvalue weighted by molar-refractivity contribution is -0.192. The second-order valence-electron chi connectivity index (χ2n) is 15.9. The van der Waals surface area contributed by atoms with Gasteiger partial charge in [-0.05, 0) is 70.6 Å². The van der Waals surface area contributed by atoms with Crippen molar-refractivity contribution >= 4 is 36.0 Å². The molecule has 0 aromatic heterocycles. The van der Waals surface area contributed by atoms with Gasteiger partial charge in [-0.2, -0.15) is 9.59 Å². The Morgan fingerprint density at radius 3 is 0.794 bits per heavy atom. The largest absolute Gasteiger partial charge is 0.481 e. The van der Waals surface area contributed by atoms with Crippen LogP contribution < -0.4 is 0 Å². The van der Waals surface area contributed by atoms with Crippen molar-refractivity contribution in [3.8, 4) is 0 Å². The Morgan fingerprint density at radius 1 is 0.349 bits per heavy atom. The summed E-state index contributed by atoms with van der Waals surface area (Å²) in [5, 5.41) is 42.2. The van der Waals surface area contributed by atoms with Gasteiger partial charge in [0.1, 0.15) is 0 Å². The molecule has 5 N–H and O–H groups in total. The molecule has 0 saturated heterocycles. The van der Waals surface area contributed by atoms with Crippen molar-refractivity contribution in [2.75, 3.05) is 26.4 Å². The number of hydrogen-bond acceptors (Lipinski definition) is 11. The summed E-state index contributed by atoms with van der Waals surface area (Å²) in [6.45, 7) is 3.69. The van der Waals surface area contributed by atoms with Crippen LogP contribution in [0.4, 0.5) is 0 Å². The van der Waals surface area contributed by atoms with E-state index in [0.717, 1.165) is 167 Å². The van der Waals surface area contributed by atoms with E-state index in [9.17, 15) is 24.0 Å². The van der Waals surface area contributed by atoms with E-state index in [-0.39, 0.29) is 51.6 Å². The molecule has 14 heteroatoms. The molecule has 63 heavy (non-hydrogen) atoms. The molecular formula is C49H94O14. The summed E-state index contributed by atoms with van der Waals surface area (Å²) >= 11 is 0. The first-order valence-electron chi connectivity index (χ1n) is 24.2. The lowest BCUT2D eigenvalue weighted by Crippen LogP contribution is -2.07. The average Bonchev–Trinajstić information content (AvgIpc) is 3.23. The topological polar surface area (TPSA) is 239 Å². The van der Waals surface area contributed by atoms with Crippen molar-refractivity contribution in [1.29, 1.82) is 0 Å². The number of rotatable bonds is 43. The van der Waals surface area contributed by atoms with Gasteiger partial charge in [-0.15, -0.1) is 0 Å². The Hall–Kier alpha value is -3.35. The highest BCUT2D eigenvalue weighted by Gasteiger charge is 2.05. The van der Waals surface area contributed by atoms with E-state index in [0.29, 0.717) is 32.5 Å². The average molecular weight is 907 g/mol. The maximum atomic E-state index is 11.8. The number of aliphatic hydroxyl groups excluding tert-OH is 2. The molecule has 0 rings (SSSR count). The van der Waals surface area contributed by atoms with Gasteiger partial charge in [-0.1, -0.05) is 149 Å². The number of carboxylic acid groups (broad SMARTS) is 3. The maximum Gasteiger partial charge on any atom is 0.373 e. The molecule has 0 radical (unpaired) electrons. The molecule has 0 amide bonds. The van der Waals surface area contributed by atoms with Crippen molar-refractivity contribution in [3.05, 3.63) is 0 Å². The van der Waals surface area contributed by atoms with E-state index in [1.54, 1.807) is 0 Å². The standard InChI is InChI=1S/C30H54O8.C11H22O2.C6H14O2.CO2.CH4/c31-27(32)21-15-9-5-1-3-7-11-17-23-29(35)37-25-19-13-14-20-26-38-30(36)24-18-12-8-4-2-6-10-16-22-28(33)34;1-2-3-4-5-6-7-8-9-10-11(12)13;7-5-3-1-2-4-6-8;2-1-3;/h1-26H2,(H,31,32)(H,33,34);2-10H2,1H3,(H,12,13);7-8H,1-6H2;;1H4. The zero-order chi connectivity index (χ0) is 47.0. The molecule has 0 heterocycles. The van der Waals surface area contributed by atoms with Gasteiger partial charge in [-0.3, -0.25) is 24.0 Å². The minimum Gasteiger partial charge on any atom is -0.481 e. The van der Waals surface area contributed by atoms with Gasteiger partial charge in [0.05, 0.1) is 13.2 Å². The molecule has 0 aromatic rings. The number of esters is 2. The van der Waals surface area contributed by atoms with Crippen LogP contribution in [0.1, 0.15) is 252 Å². The number of aliphatic carboxylic acids is 3. The van der Waals surface area contributed by atoms with Crippen LogP contribution in [0.25, 0.3) is 0 Å². The van der Waals surface area contributed by atoms with Crippen LogP contribution in [0.15, 0.2) is 0 Å². The quantitative estimate of drug-likeness (QED) is 0.0283. The van der Waals surface area contributed by atoms with Gasteiger partial charge < -0.3 is 35.0 Å². The monoisotopic (exact) mass is 907 g/mol. The Bertz CT molecular complexity index is 956. The van der Waals surface area contributed by atoms with E-state index in [2.05, 4.69) is 6.92 Å². The van der Waals surface area contributed by atoms with E-state index in [1.165, 1.54) is 38.5 Å². The number of unbranched alkanes of at least 4 members (excludes halogenated alkanes) is 27. The third kappa shape index (κ3) is 79.5. The van der Waals surface area contributed by atoms with Crippen LogP contribution in [0.3, 0.4) is 0 Å². The summed E-state index contributed by atoms with van der Waals surface area (Å²) < 4.78 is 10.6. The van der Waals surface area contributed by atoms with E-state index >= 15 is 0 Å². The van der Waals surface area contributed by atoms with Gasteiger partial charge in [-0.25, -0.2) is 0 Å². The molecular weight excluding hydrogens is 813 g/mol. The summed E-state index contributed by atoms with van der Waals surface area (Å²) in [5.74, 6) is -2.34. The van der Waals surface area contributed by atoms with Gasteiger partial charge in [0.25, 0.3) is 0 Å². The van der Waals surface area contributed by atoms with Crippen LogP contribution in [0.5, 0.6) is 0 Å². The van der Waals surface area contributed by atoms with Crippen molar-refractivity contribution in [2.24, 2.45) is 0 Å². The van der Waals surface area contributed by atoms with Gasteiger partial charge >= 0.3 is 36.0 Å². The predicted octanol–water partition coefficient (Wildman–Crippen LogP) is 11.8. The first-order valence-corrected chi connectivity index (χ1v) is 24.2. The van der Waals surface area contributed by atoms with Crippen LogP contribution in [-0.4, -0.2) is 88.0 Å². The zero-order valence-corrected chi connectivity index (χ0v) is 38.9. The molecule has 0 spiro atoms. The maximum absolute atomic E-state index is 11.8. The molecule has 0 aliphatic carbocycles. The Morgan fingerprint density at radius 2 is 0.556 bits per heavy atom. The normalized spacial score (nSPS) is 10.0. The van der Waals surface area contributed by atoms with Gasteiger partial charge in [0.15, 0.2) is 0 Å². The van der Waals surface area contributed by atoms with Crippen molar-refractivity contribution in [1.82, 2.24) is 0 Å². The molecule has 0 aromatic carbocycles. The molecule has 0 aliphatic rings. The summed E-state index contributed by atoms with van der Waals surface area (Å²) in [6, 6.07) is 0. The lowest BCUT2D eigenvalue weighted by Gasteiger charge is -2.06. The fourth-order valence-electron chi connectivity index (χ4n) is 6.27. The smallest absolute Gasteiger partial charge is 0.373 e. The molecule has 0 aliphatic heterocycles. The summed E-state index contributed by atoms with van der Waals surface area (Å²) in [6.07, 6.45) is 35.4. The third-order valence-electron chi connectivity index (χ3n) is 9.92. The summed E-state index contributed by atoms with van der Waals surface area (Å²) in [4.78, 5) is 70.9. The highest BCUT2D eigenvalue weighted by Crippen LogP contribution is 2.13. The first-order chi connectivity index (χ1) is 30.0. The highest BCUT2D eigenvalue weighted by atomic mass is 16.5. The van der Waals surface area contributed by atoms with Crippen LogP contribution in [0, 0.1) is 0 Å². The molecule has 0 fully saturated rings. The Labute approximate surface area is 382 Å². The molecule has 0 saturated carbocycles. The number of ether oxygens (including phenoxy) is 2. The molecule has 374 valence electrons. The van der Waals surface area contributed by atoms with Crippen LogP contribution >= 0.6 is 0 Å². The highest BCUT2D eigenvalue weighted by molar-refractivity contribution is 5.69. The predicted molar refractivity (Wildman–Crippen MR) is 247 cm³/mol. The van der Waals surface area contributed by atoms with E-state index in [1.807, 2.05) is 0 Å². The SMILES string of the molecule is C.CCCCCCCCCCC(=O)O.O=C(O)CCCCCCCCCCC(=O)OCCCCCCOC(=O)CCCCCCCCCCC(=O)O.O=C=O.OCCCCCCO. The van der Waals surface area contributed by atoms with Crippen molar-refractivity contribution in [2.45, 2.75) is 252 Å². The number of carbonyl (C=O) groups is 5. The summed E-state index contributed by atoms with van der Waals surface area (Å²) in [5.41, 5.74) is 0. The zero-order valence-electron chi connectivity index (χ0n) is 38.9. The lowest BCUT2D eigenvalue weighted by atomic mass is 10.1.